The topological polar surface area (TPSA) is 102 Å². The van der Waals surface area contributed by atoms with E-state index in [1.165, 1.54) is 31.4 Å². The van der Waals surface area contributed by atoms with E-state index in [4.69, 9.17) is 4.74 Å². The molecule has 1 N–H and O–H groups in total. The van der Waals surface area contributed by atoms with Gasteiger partial charge in [-0.15, -0.1) is 0 Å². The van der Waals surface area contributed by atoms with Crippen LogP contribution in [0.25, 0.3) is 0 Å². The highest BCUT2D eigenvalue weighted by Crippen LogP contribution is 2.18. The molecule has 0 spiro atoms. The third kappa shape index (κ3) is 6.17. The molecule has 9 heteroatoms. The standard InChI is InChI=1S/C15H22N2O6S/c1-22-10-4-9-16-14(18)11-17(24(3,20)21)13-7-5-12(6-8-13)15(19)23-2/h5-8H,4,9-11H2,1-3H3,(H,16,18). The van der Waals surface area contributed by atoms with Crippen LogP contribution >= 0.6 is 0 Å². The number of sulfonamides is 1. The molecule has 0 radical (unpaired) electrons. The normalized spacial score (nSPS) is 11.0. The second-order valence-electron chi connectivity index (χ2n) is 5.00. The van der Waals surface area contributed by atoms with E-state index in [0.29, 0.717) is 25.1 Å². The van der Waals surface area contributed by atoms with Crippen molar-refractivity contribution in [2.45, 2.75) is 6.42 Å². The van der Waals surface area contributed by atoms with E-state index in [1.54, 1.807) is 7.11 Å². The Hall–Kier alpha value is -2.13. The molecule has 24 heavy (non-hydrogen) atoms. The maximum atomic E-state index is 12.0. The number of amides is 1. The number of carbonyl (C=O) groups excluding carboxylic acids is 2. The fraction of sp³-hybridized carbons (Fsp3) is 0.467. The number of esters is 1. The lowest BCUT2D eigenvalue weighted by Crippen LogP contribution is -2.40. The quantitative estimate of drug-likeness (QED) is 0.506. The highest BCUT2D eigenvalue weighted by molar-refractivity contribution is 7.92. The molecule has 0 aliphatic carbocycles. The van der Waals surface area contributed by atoms with Gasteiger partial charge in [0.1, 0.15) is 6.54 Å². The average molecular weight is 358 g/mol. The summed E-state index contributed by atoms with van der Waals surface area (Å²) >= 11 is 0. The maximum Gasteiger partial charge on any atom is 0.337 e. The summed E-state index contributed by atoms with van der Waals surface area (Å²) in [6, 6.07) is 5.78. The summed E-state index contributed by atoms with van der Waals surface area (Å²) in [5, 5.41) is 2.63. The molecule has 0 saturated carbocycles. The molecule has 0 aliphatic heterocycles. The predicted molar refractivity (Wildman–Crippen MR) is 89.5 cm³/mol. The van der Waals surface area contributed by atoms with Gasteiger partial charge in [-0.3, -0.25) is 9.10 Å². The smallest absolute Gasteiger partial charge is 0.337 e. The van der Waals surface area contributed by atoms with Gasteiger partial charge in [-0.1, -0.05) is 0 Å². The van der Waals surface area contributed by atoms with Crippen LogP contribution in [0.5, 0.6) is 0 Å². The third-order valence-electron chi connectivity index (χ3n) is 3.11. The van der Waals surface area contributed by atoms with Crippen molar-refractivity contribution in [1.82, 2.24) is 5.32 Å². The van der Waals surface area contributed by atoms with E-state index in [-0.39, 0.29) is 12.2 Å². The Balaban J connectivity index is 2.83. The zero-order valence-corrected chi connectivity index (χ0v) is 14.8. The molecule has 1 aromatic rings. The van der Waals surface area contributed by atoms with Gasteiger partial charge in [0.2, 0.25) is 15.9 Å². The number of hydrogen-bond acceptors (Lipinski definition) is 6. The number of nitrogens with zero attached hydrogens (tertiary/aromatic N) is 1. The summed E-state index contributed by atoms with van der Waals surface area (Å²) < 4.78 is 34.3. The first-order chi connectivity index (χ1) is 11.3. The van der Waals surface area contributed by atoms with Crippen molar-refractivity contribution in [3.63, 3.8) is 0 Å². The second kappa shape index (κ2) is 9.24. The molecule has 0 bridgehead atoms. The van der Waals surface area contributed by atoms with E-state index < -0.39 is 21.9 Å². The molecule has 0 unspecified atom stereocenters. The van der Waals surface area contributed by atoms with Crippen LogP contribution in [0.15, 0.2) is 24.3 Å². The van der Waals surface area contributed by atoms with Crippen LogP contribution < -0.4 is 9.62 Å². The minimum Gasteiger partial charge on any atom is -0.465 e. The monoisotopic (exact) mass is 358 g/mol. The lowest BCUT2D eigenvalue weighted by Gasteiger charge is -2.22. The van der Waals surface area contributed by atoms with Gasteiger partial charge in [0.25, 0.3) is 0 Å². The Labute approximate surface area is 141 Å². The molecule has 0 aromatic heterocycles. The van der Waals surface area contributed by atoms with Crippen molar-refractivity contribution in [2.24, 2.45) is 0 Å². The summed E-state index contributed by atoms with van der Waals surface area (Å²) in [4.78, 5) is 23.3. The highest BCUT2D eigenvalue weighted by atomic mass is 32.2. The Morgan fingerprint density at radius 3 is 2.29 bits per heavy atom. The van der Waals surface area contributed by atoms with Crippen LogP contribution in [0.3, 0.4) is 0 Å². The predicted octanol–water partition coefficient (Wildman–Crippen LogP) is 0.392. The Morgan fingerprint density at radius 2 is 1.79 bits per heavy atom. The van der Waals surface area contributed by atoms with E-state index >= 15 is 0 Å². The number of nitrogens with one attached hydrogen (secondary N) is 1. The van der Waals surface area contributed by atoms with Crippen molar-refractivity contribution in [1.29, 1.82) is 0 Å². The van der Waals surface area contributed by atoms with Gasteiger partial charge in [0.05, 0.1) is 24.6 Å². The van der Waals surface area contributed by atoms with E-state index in [9.17, 15) is 18.0 Å². The molecule has 0 fully saturated rings. The van der Waals surface area contributed by atoms with Gasteiger partial charge < -0.3 is 14.8 Å². The van der Waals surface area contributed by atoms with Crippen molar-refractivity contribution in [3.8, 4) is 0 Å². The van der Waals surface area contributed by atoms with Crippen molar-refractivity contribution >= 4 is 27.6 Å². The first-order valence-corrected chi connectivity index (χ1v) is 9.06. The summed E-state index contributed by atoms with van der Waals surface area (Å²) in [6.45, 7) is 0.556. The number of hydrogen-bond donors (Lipinski definition) is 1. The van der Waals surface area contributed by atoms with Gasteiger partial charge in [-0.05, 0) is 30.7 Å². The van der Waals surface area contributed by atoms with Crippen molar-refractivity contribution in [3.05, 3.63) is 29.8 Å². The number of carbonyl (C=O) groups is 2. The molecule has 1 rings (SSSR count). The Bertz CT molecular complexity index is 657. The summed E-state index contributed by atoms with van der Waals surface area (Å²) in [7, 11) is -0.838. The average Bonchev–Trinajstić information content (AvgIpc) is 2.55. The van der Waals surface area contributed by atoms with Crippen LogP contribution in [-0.4, -0.2) is 60.5 Å². The first kappa shape index (κ1) is 19.9. The number of anilines is 1. The van der Waals surface area contributed by atoms with Gasteiger partial charge >= 0.3 is 5.97 Å². The molecule has 0 heterocycles. The highest BCUT2D eigenvalue weighted by Gasteiger charge is 2.21. The largest absolute Gasteiger partial charge is 0.465 e. The number of methoxy groups -OCH3 is 2. The fourth-order valence-corrected chi connectivity index (χ4v) is 2.77. The van der Waals surface area contributed by atoms with Gasteiger partial charge in [-0.25, -0.2) is 13.2 Å². The third-order valence-corrected chi connectivity index (χ3v) is 4.25. The summed E-state index contributed by atoms with van der Waals surface area (Å²) in [5.41, 5.74) is 0.580. The second-order valence-corrected chi connectivity index (χ2v) is 6.91. The molecule has 0 atom stereocenters. The lowest BCUT2D eigenvalue weighted by atomic mass is 10.2. The number of ether oxygens (including phenoxy) is 2. The van der Waals surface area contributed by atoms with Crippen molar-refractivity contribution in [2.75, 3.05) is 44.5 Å². The van der Waals surface area contributed by atoms with Gasteiger partial charge in [-0.2, -0.15) is 0 Å². The maximum absolute atomic E-state index is 12.0. The van der Waals surface area contributed by atoms with Crippen LogP contribution in [0, 0.1) is 0 Å². The van der Waals surface area contributed by atoms with Gasteiger partial charge in [0.15, 0.2) is 0 Å². The molecular formula is C15H22N2O6S. The van der Waals surface area contributed by atoms with E-state index in [1.807, 2.05) is 0 Å². The molecule has 134 valence electrons. The fourth-order valence-electron chi connectivity index (χ4n) is 1.91. The minimum atomic E-state index is -3.66. The molecule has 8 nitrogen and oxygen atoms in total. The molecule has 0 aliphatic rings. The molecular weight excluding hydrogens is 336 g/mol. The first-order valence-electron chi connectivity index (χ1n) is 7.21. The Kier molecular flexibility index (Phi) is 7.66. The van der Waals surface area contributed by atoms with Crippen LogP contribution in [0.1, 0.15) is 16.8 Å². The Morgan fingerprint density at radius 1 is 1.17 bits per heavy atom. The summed E-state index contributed by atoms with van der Waals surface area (Å²) in [5.74, 6) is -0.947. The molecule has 1 amide bonds. The minimum absolute atomic E-state index is 0.289. The summed E-state index contributed by atoms with van der Waals surface area (Å²) in [6.07, 6.45) is 1.65. The number of benzene rings is 1. The van der Waals surface area contributed by atoms with Crippen LogP contribution in [0.2, 0.25) is 0 Å². The SMILES string of the molecule is COCCCNC(=O)CN(c1ccc(C(=O)OC)cc1)S(C)(=O)=O. The molecule has 1 aromatic carbocycles. The van der Waals surface area contributed by atoms with Crippen molar-refractivity contribution < 1.29 is 27.5 Å². The zero-order valence-electron chi connectivity index (χ0n) is 13.9. The van der Waals surface area contributed by atoms with Gasteiger partial charge in [0, 0.05) is 20.3 Å². The zero-order chi connectivity index (χ0) is 18.2. The molecule has 0 saturated heterocycles. The van der Waals surface area contributed by atoms with E-state index in [2.05, 4.69) is 10.1 Å². The van der Waals surface area contributed by atoms with Crippen LogP contribution in [-0.2, 0) is 24.3 Å². The lowest BCUT2D eigenvalue weighted by molar-refractivity contribution is -0.119. The number of rotatable bonds is 9. The van der Waals surface area contributed by atoms with Crippen LogP contribution in [0.4, 0.5) is 5.69 Å². The van der Waals surface area contributed by atoms with E-state index in [0.717, 1.165) is 10.6 Å².